The lowest BCUT2D eigenvalue weighted by atomic mass is 10.1. The third-order valence-corrected chi connectivity index (χ3v) is 12.2. The number of rotatable bonds is 13. The molecule has 0 saturated heterocycles. The van der Waals surface area contributed by atoms with Gasteiger partial charge in [-0.25, -0.2) is 15.0 Å². The van der Waals surface area contributed by atoms with Crippen LogP contribution in [0.15, 0.2) is 128 Å². The molecule has 0 unspecified atom stereocenters. The minimum atomic E-state index is -0.315. The molecule has 5 aromatic heterocycles. The number of phenols is 1. The van der Waals surface area contributed by atoms with Crippen LogP contribution in [-0.2, 0) is 47.9 Å². The van der Waals surface area contributed by atoms with Gasteiger partial charge < -0.3 is 38.8 Å². The van der Waals surface area contributed by atoms with Crippen LogP contribution < -0.4 is 14.2 Å². The maximum Gasteiger partial charge on any atom is 0.314 e. The van der Waals surface area contributed by atoms with Crippen LogP contribution in [0, 0.1) is 46.4 Å². The summed E-state index contributed by atoms with van der Waals surface area (Å²) in [6.07, 6.45) is 3.52. The number of pyridine rings is 5. The predicted molar refractivity (Wildman–Crippen MR) is 335 cm³/mol. The van der Waals surface area contributed by atoms with Crippen LogP contribution >= 0.6 is 92.8 Å². The number of ether oxygens (including phenoxy) is 5. The molecule has 0 fully saturated rings. The number of aromatic hydroxyl groups is 1. The minimum absolute atomic E-state index is 0.0199. The molecule has 0 atom stereocenters. The van der Waals surface area contributed by atoms with Gasteiger partial charge in [0.1, 0.15) is 32.1 Å². The fourth-order valence-corrected chi connectivity index (χ4v) is 8.23. The molecule has 0 spiro atoms. The Morgan fingerprint density at radius 3 is 1.31 bits per heavy atom. The van der Waals surface area contributed by atoms with Gasteiger partial charge in [-0.1, -0.05) is 117 Å². The standard InChI is InChI=1S/C17H15ClN2O3.C16H15Cl2NO3.C10H11ClO3.C6H5Cl2N.C6H6ClNO.C6H6ClN/c1-4-22-17(21)10-12-5-6-13(18)14(9-12)23-16-8-11(2)7-15(19-3)20-16;1-3-21-16(20)9-11-4-5-12(17)13(8-11)22-15-7-10(2)6-14(18)19-15;1-2-14-10(13)6-7-3-4-8(11)9(12)5-7;1-4-2-5(7)9-6(8)3-4;1-5-2-3-8(9)6(7)4-5;1-5-2-3-8-6(7)4-5/h5-9H,4,10H2,1-2H3;4-8H,3,9H2,1-2H3;3-5,12H,2,6H2,1H3;2-3H,1H3;2-4H,1H3;2-4H,1H3. The minimum Gasteiger partial charge on any atom is -0.618 e. The fraction of sp³-hybridized carbons (Fsp3) is 0.230. The summed E-state index contributed by atoms with van der Waals surface area (Å²) < 4.78 is 26.6. The third-order valence-electron chi connectivity index (χ3n) is 10.2. The smallest absolute Gasteiger partial charge is 0.314 e. The van der Waals surface area contributed by atoms with E-state index in [0.29, 0.717) is 78.2 Å². The summed E-state index contributed by atoms with van der Waals surface area (Å²) in [4.78, 5) is 53.2. The van der Waals surface area contributed by atoms with Crippen LogP contribution in [0.5, 0.6) is 29.0 Å². The van der Waals surface area contributed by atoms with E-state index < -0.39 is 0 Å². The summed E-state index contributed by atoms with van der Waals surface area (Å²) in [7, 11) is 0. The summed E-state index contributed by atoms with van der Waals surface area (Å²) >= 11 is 45.9. The van der Waals surface area contributed by atoms with Gasteiger partial charge in [-0.15, -0.1) is 0 Å². The van der Waals surface area contributed by atoms with Crippen molar-refractivity contribution in [3.05, 3.63) is 230 Å². The van der Waals surface area contributed by atoms with Gasteiger partial charge in [0.2, 0.25) is 5.88 Å². The second kappa shape index (κ2) is 38.0. The molecule has 0 aliphatic rings. The van der Waals surface area contributed by atoms with Crippen molar-refractivity contribution in [2.75, 3.05) is 19.8 Å². The first-order chi connectivity index (χ1) is 40.3. The van der Waals surface area contributed by atoms with Crippen LogP contribution in [0.25, 0.3) is 4.85 Å². The zero-order valence-electron chi connectivity index (χ0n) is 47.2. The quantitative estimate of drug-likeness (QED) is 0.0285. The Hall–Kier alpha value is -7.17. The number of benzene rings is 3. The number of hydrogen-bond donors (Lipinski definition) is 1. The summed E-state index contributed by atoms with van der Waals surface area (Å²) in [6, 6.07) is 32.3. The molecule has 8 rings (SSSR count). The van der Waals surface area contributed by atoms with E-state index in [2.05, 4.69) is 24.8 Å². The highest BCUT2D eigenvalue weighted by atomic mass is 35.5. The maximum absolute atomic E-state index is 11.6. The zero-order valence-corrected chi connectivity index (χ0v) is 53.2. The Kier molecular flexibility index (Phi) is 32.2. The maximum atomic E-state index is 11.6. The summed E-state index contributed by atoms with van der Waals surface area (Å²) in [5.41, 5.74) is 7.11. The van der Waals surface area contributed by atoms with Crippen molar-refractivity contribution in [1.82, 2.24) is 19.9 Å². The number of hydrogen-bond acceptors (Lipinski definition) is 14. The second-order valence-electron chi connectivity index (χ2n) is 17.5. The van der Waals surface area contributed by atoms with Crippen LogP contribution in [-0.4, -0.2) is 62.8 Å². The SMILES string of the molecule is CCOC(=O)Cc1ccc(Cl)c(O)c1.CCOC(=O)Cc1ccc(Cl)c(Oc2cc(C)cc(Cl)n2)c1.Cc1cc(Cl)nc(Cl)c1.Cc1cc[n+]([O-])c(Cl)c1.Cc1ccnc(Cl)c1.[C-]#[N+]c1cc(C)cc(Oc2cc(CC(=O)OCC)ccc2Cl)n1. The van der Waals surface area contributed by atoms with Gasteiger partial charge in [-0.2, -0.15) is 4.73 Å². The number of aryl methyl sites for hydroxylation is 5. The van der Waals surface area contributed by atoms with E-state index in [1.54, 1.807) is 124 Å². The lowest BCUT2D eigenvalue weighted by Gasteiger charge is -2.10. The van der Waals surface area contributed by atoms with Crippen molar-refractivity contribution in [2.45, 2.75) is 74.7 Å². The number of phenolic OH excluding ortho intramolecular Hbond substituents is 1. The summed E-state index contributed by atoms with van der Waals surface area (Å²) in [6.45, 7) is 22.9. The first kappa shape index (κ1) is 72.1. The van der Waals surface area contributed by atoms with Crippen LogP contribution in [0.3, 0.4) is 0 Å². The van der Waals surface area contributed by atoms with E-state index in [1.165, 1.54) is 12.3 Å². The van der Waals surface area contributed by atoms with Crippen LogP contribution in [0.2, 0.25) is 40.8 Å². The summed E-state index contributed by atoms with van der Waals surface area (Å²) in [5.74, 6) is 0.727. The predicted octanol–water partition coefficient (Wildman–Crippen LogP) is 17.3. The van der Waals surface area contributed by atoms with Gasteiger partial charge in [0.25, 0.3) is 11.0 Å². The van der Waals surface area contributed by atoms with E-state index in [-0.39, 0.29) is 64.8 Å². The molecule has 0 saturated carbocycles. The Labute approximate surface area is 533 Å². The molecule has 0 radical (unpaired) electrons. The van der Waals surface area contributed by atoms with E-state index in [0.717, 1.165) is 38.9 Å². The van der Waals surface area contributed by atoms with Crippen LogP contribution in [0.4, 0.5) is 5.82 Å². The van der Waals surface area contributed by atoms with Crippen molar-refractivity contribution in [1.29, 1.82) is 0 Å². The van der Waals surface area contributed by atoms with Crippen molar-refractivity contribution in [3.8, 4) is 29.0 Å². The molecule has 24 heteroatoms. The van der Waals surface area contributed by atoms with Gasteiger partial charge in [0.05, 0.1) is 54.2 Å². The number of aromatic nitrogens is 5. The van der Waals surface area contributed by atoms with Crippen molar-refractivity contribution >= 4 is 117 Å². The van der Waals surface area contributed by atoms with Gasteiger partial charge in [0.15, 0.2) is 11.9 Å². The van der Waals surface area contributed by atoms with Gasteiger partial charge in [0, 0.05) is 30.5 Å². The Morgan fingerprint density at radius 1 is 0.506 bits per heavy atom. The third kappa shape index (κ3) is 29.0. The molecule has 8 aromatic rings. The molecule has 3 aromatic carbocycles. The molecule has 448 valence electrons. The van der Waals surface area contributed by atoms with E-state index in [1.807, 2.05) is 46.8 Å². The fourth-order valence-electron chi connectivity index (χ4n) is 6.51. The molecule has 1 N–H and O–H groups in total. The van der Waals surface area contributed by atoms with Crippen molar-refractivity contribution in [3.63, 3.8) is 0 Å². The molecule has 5 heterocycles. The number of carbonyl (C=O) groups is 3. The van der Waals surface area contributed by atoms with Crippen LogP contribution in [0.1, 0.15) is 65.3 Å². The molecule has 16 nitrogen and oxygen atoms in total. The molecular formula is C61H58Cl8N6O10. The number of halogens is 8. The number of carbonyl (C=O) groups excluding carboxylic acids is 3. The lowest BCUT2D eigenvalue weighted by molar-refractivity contribution is -0.603. The molecule has 0 bridgehead atoms. The normalized spacial score (nSPS) is 9.92. The van der Waals surface area contributed by atoms with Crippen molar-refractivity contribution in [2.24, 2.45) is 0 Å². The molecule has 0 aliphatic heterocycles. The Balaban J connectivity index is 0.000000281. The second-order valence-corrected chi connectivity index (χ2v) is 20.7. The zero-order chi connectivity index (χ0) is 63.2. The first-order valence-electron chi connectivity index (χ1n) is 25.4. The molecule has 0 amide bonds. The van der Waals surface area contributed by atoms with E-state index in [9.17, 15) is 24.7 Å². The summed E-state index contributed by atoms with van der Waals surface area (Å²) in [5, 5.41) is 22.9. The Bertz CT molecular complexity index is 3470. The average molecular weight is 1320 g/mol. The lowest BCUT2D eigenvalue weighted by Crippen LogP contribution is -2.26. The number of esters is 3. The van der Waals surface area contributed by atoms with Gasteiger partial charge in [-0.3, -0.25) is 14.4 Å². The topological polar surface area (TPSA) is 200 Å². The van der Waals surface area contributed by atoms with Crippen molar-refractivity contribution < 1.29 is 47.9 Å². The highest BCUT2D eigenvalue weighted by molar-refractivity contribution is 6.33. The average Bonchev–Trinajstić information content (AvgIpc) is 3.63. The van der Waals surface area contributed by atoms with Gasteiger partial charge >= 0.3 is 23.8 Å². The number of nitrogens with zero attached hydrogens (tertiary/aromatic N) is 6. The highest BCUT2D eigenvalue weighted by Crippen LogP contribution is 2.33. The molecule has 0 aliphatic carbocycles. The Morgan fingerprint density at radius 2 is 0.918 bits per heavy atom. The highest BCUT2D eigenvalue weighted by Gasteiger charge is 2.14. The molecular weight excluding hydrogens is 1260 g/mol. The van der Waals surface area contributed by atoms with E-state index >= 15 is 0 Å². The largest absolute Gasteiger partial charge is 0.618 e. The van der Waals surface area contributed by atoms with E-state index in [4.69, 9.17) is 123 Å². The first-order valence-corrected chi connectivity index (χ1v) is 28.4. The monoisotopic (exact) mass is 1310 g/mol. The van der Waals surface area contributed by atoms with Gasteiger partial charge in [-0.05, 0) is 179 Å². The molecule has 85 heavy (non-hydrogen) atoms.